The third kappa shape index (κ3) is 3.03. The van der Waals surface area contributed by atoms with Crippen molar-refractivity contribution >= 4 is 22.4 Å². The van der Waals surface area contributed by atoms with Crippen molar-refractivity contribution in [3.63, 3.8) is 0 Å². The van der Waals surface area contributed by atoms with Gasteiger partial charge in [0.05, 0.1) is 13.2 Å². The van der Waals surface area contributed by atoms with E-state index in [1.165, 1.54) is 0 Å². The van der Waals surface area contributed by atoms with E-state index < -0.39 is 0 Å². The van der Waals surface area contributed by atoms with E-state index in [1.54, 1.807) is 23.6 Å². The summed E-state index contributed by atoms with van der Waals surface area (Å²) >= 11 is 1.67. The SMILES string of the molecule is O=C(c1ccn[nH]1)N1CCC2(CC1)COCCN(c1nccs1)C2. The summed E-state index contributed by atoms with van der Waals surface area (Å²) in [4.78, 5) is 21.2. The lowest BCUT2D eigenvalue weighted by atomic mass is 9.78. The molecule has 2 aromatic rings. The van der Waals surface area contributed by atoms with E-state index in [1.807, 2.05) is 16.5 Å². The zero-order chi connectivity index (χ0) is 16.4. The first kappa shape index (κ1) is 15.6. The summed E-state index contributed by atoms with van der Waals surface area (Å²) in [5.41, 5.74) is 0.667. The number of aromatic nitrogens is 3. The molecular formula is C16H21N5O2S. The summed E-state index contributed by atoms with van der Waals surface area (Å²) in [6, 6.07) is 1.73. The Kier molecular flexibility index (Phi) is 4.24. The Morgan fingerprint density at radius 3 is 2.88 bits per heavy atom. The third-order valence-corrected chi connectivity index (χ3v) is 5.80. The minimum absolute atomic E-state index is 0.0358. The molecule has 0 saturated carbocycles. The summed E-state index contributed by atoms with van der Waals surface area (Å²) < 4.78 is 5.90. The first-order valence-corrected chi connectivity index (χ1v) is 9.15. The van der Waals surface area contributed by atoms with E-state index >= 15 is 0 Å². The Hall–Kier alpha value is -1.93. The van der Waals surface area contributed by atoms with Crippen LogP contribution in [-0.2, 0) is 4.74 Å². The van der Waals surface area contributed by atoms with Gasteiger partial charge in [0.1, 0.15) is 5.69 Å². The van der Waals surface area contributed by atoms with Gasteiger partial charge in [0.2, 0.25) is 0 Å². The summed E-state index contributed by atoms with van der Waals surface area (Å²) in [6.07, 6.45) is 5.37. The second-order valence-corrected chi connectivity index (χ2v) is 7.42. The molecule has 2 aromatic heterocycles. The molecular weight excluding hydrogens is 326 g/mol. The number of carbonyl (C=O) groups excluding carboxylic acids is 1. The monoisotopic (exact) mass is 347 g/mol. The number of anilines is 1. The van der Waals surface area contributed by atoms with Crippen molar-refractivity contribution in [3.05, 3.63) is 29.5 Å². The van der Waals surface area contributed by atoms with Gasteiger partial charge in [0.15, 0.2) is 5.13 Å². The number of thiazole rings is 1. The van der Waals surface area contributed by atoms with Crippen LogP contribution in [0.5, 0.6) is 0 Å². The van der Waals surface area contributed by atoms with Gasteiger partial charge in [-0.05, 0) is 18.9 Å². The summed E-state index contributed by atoms with van der Waals surface area (Å²) in [5, 5.41) is 9.71. The van der Waals surface area contributed by atoms with Gasteiger partial charge >= 0.3 is 0 Å². The molecule has 1 amide bonds. The lowest BCUT2D eigenvalue weighted by Gasteiger charge is -2.42. The van der Waals surface area contributed by atoms with Crippen molar-refractivity contribution in [2.45, 2.75) is 12.8 Å². The van der Waals surface area contributed by atoms with Crippen molar-refractivity contribution in [1.29, 1.82) is 0 Å². The number of ether oxygens (including phenoxy) is 1. The van der Waals surface area contributed by atoms with Gasteiger partial charge in [-0.3, -0.25) is 9.89 Å². The average molecular weight is 347 g/mol. The van der Waals surface area contributed by atoms with Crippen molar-refractivity contribution in [1.82, 2.24) is 20.1 Å². The van der Waals surface area contributed by atoms with Gasteiger partial charge in [-0.1, -0.05) is 0 Å². The summed E-state index contributed by atoms with van der Waals surface area (Å²) in [6.45, 7) is 4.84. The highest BCUT2D eigenvalue weighted by molar-refractivity contribution is 7.13. The number of carbonyl (C=O) groups is 1. The topological polar surface area (TPSA) is 74.3 Å². The highest BCUT2D eigenvalue weighted by Gasteiger charge is 2.39. The van der Waals surface area contributed by atoms with Crippen LogP contribution in [0.3, 0.4) is 0 Å². The number of H-pyrrole nitrogens is 1. The predicted octanol–water partition coefficient (Wildman–Crippen LogP) is 1.63. The van der Waals surface area contributed by atoms with E-state index in [0.29, 0.717) is 5.69 Å². The molecule has 0 aliphatic carbocycles. The molecule has 4 heterocycles. The maximum atomic E-state index is 12.5. The Labute approximate surface area is 144 Å². The predicted molar refractivity (Wildman–Crippen MR) is 91.3 cm³/mol. The van der Waals surface area contributed by atoms with Gasteiger partial charge in [-0.15, -0.1) is 11.3 Å². The van der Waals surface area contributed by atoms with E-state index in [-0.39, 0.29) is 11.3 Å². The molecule has 0 aromatic carbocycles. The second-order valence-electron chi connectivity index (χ2n) is 6.55. The number of hydrogen-bond acceptors (Lipinski definition) is 6. The molecule has 2 aliphatic heterocycles. The number of piperidine rings is 1. The second kappa shape index (κ2) is 6.52. The van der Waals surface area contributed by atoms with Gasteiger partial charge in [0, 0.05) is 49.4 Å². The van der Waals surface area contributed by atoms with Gasteiger partial charge in [-0.2, -0.15) is 5.10 Å². The fraction of sp³-hybridized carbons (Fsp3) is 0.562. The average Bonchev–Trinajstić information content (AvgIpc) is 3.29. The standard InChI is InChI=1S/C16H21N5O2S/c22-14(13-1-4-18-19-13)20-6-2-16(3-7-20)11-21(8-9-23-12-16)15-17-5-10-24-15/h1,4-5,10H,2-3,6-9,11-12H2,(H,18,19). The van der Waals surface area contributed by atoms with Crippen molar-refractivity contribution in [2.75, 3.05) is 44.3 Å². The number of hydrogen-bond donors (Lipinski definition) is 1. The van der Waals surface area contributed by atoms with Crippen molar-refractivity contribution in [3.8, 4) is 0 Å². The van der Waals surface area contributed by atoms with Crippen molar-refractivity contribution < 1.29 is 9.53 Å². The number of likely N-dealkylation sites (tertiary alicyclic amines) is 1. The molecule has 0 unspecified atom stereocenters. The van der Waals surface area contributed by atoms with Crippen LogP contribution in [-0.4, -0.2) is 65.4 Å². The van der Waals surface area contributed by atoms with Crippen LogP contribution in [0.15, 0.2) is 23.8 Å². The van der Waals surface area contributed by atoms with E-state index in [0.717, 1.165) is 57.4 Å². The van der Waals surface area contributed by atoms with Crippen molar-refractivity contribution in [2.24, 2.45) is 5.41 Å². The van der Waals surface area contributed by atoms with Crippen LogP contribution in [0.1, 0.15) is 23.3 Å². The fourth-order valence-electron chi connectivity index (χ4n) is 3.56. The van der Waals surface area contributed by atoms with E-state index in [4.69, 9.17) is 4.74 Å². The molecule has 128 valence electrons. The molecule has 2 aliphatic rings. The lowest BCUT2D eigenvalue weighted by Crippen LogP contribution is -2.49. The maximum absolute atomic E-state index is 12.5. The molecule has 0 bridgehead atoms. The molecule has 1 N–H and O–H groups in total. The zero-order valence-electron chi connectivity index (χ0n) is 13.5. The molecule has 7 nitrogen and oxygen atoms in total. The number of rotatable bonds is 2. The Balaban J connectivity index is 1.44. The maximum Gasteiger partial charge on any atom is 0.271 e. The van der Waals surface area contributed by atoms with Gasteiger partial charge in [-0.25, -0.2) is 4.98 Å². The molecule has 1 spiro atoms. The molecule has 2 saturated heterocycles. The van der Waals surface area contributed by atoms with Crippen LogP contribution >= 0.6 is 11.3 Å². The third-order valence-electron chi connectivity index (χ3n) is 4.97. The smallest absolute Gasteiger partial charge is 0.271 e. The number of nitrogens with zero attached hydrogens (tertiary/aromatic N) is 4. The largest absolute Gasteiger partial charge is 0.379 e. The quantitative estimate of drug-likeness (QED) is 0.894. The molecule has 8 heteroatoms. The number of aromatic amines is 1. The summed E-state index contributed by atoms with van der Waals surface area (Å²) in [5.74, 6) is 0.0358. The Morgan fingerprint density at radius 2 is 2.17 bits per heavy atom. The molecule has 24 heavy (non-hydrogen) atoms. The van der Waals surface area contributed by atoms with Crippen LogP contribution in [0, 0.1) is 5.41 Å². The highest BCUT2D eigenvalue weighted by Crippen LogP contribution is 2.36. The molecule has 2 fully saturated rings. The van der Waals surface area contributed by atoms with Crippen LogP contribution in [0.4, 0.5) is 5.13 Å². The first-order valence-electron chi connectivity index (χ1n) is 8.27. The van der Waals surface area contributed by atoms with Crippen LogP contribution < -0.4 is 4.90 Å². The fourth-order valence-corrected chi connectivity index (χ4v) is 4.23. The molecule has 0 atom stereocenters. The van der Waals surface area contributed by atoms with Crippen LogP contribution in [0.2, 0.25) is 0 Å². The Bertz CT molecular complexity index is 665. The minimum atomic E-state index is 0.0358. The lowest BCUT2D eigenvalue weighted by molar-refractivity contribution is 0.0205. The minimum Gasteiger partial charge on any atom is -0.379 e. The van der Waals surface area contributed by atoms with Gasteiger partial charge in [0.25, 0.3) is 5.91 Å². The van der Waals surface area contributed by atoms with Gasteiger partial charge < -0.3 is 14.5 Å². The Morgan fingerprint density at radius 1 is 1.29 bits per heavy atom. The molecule has 0 radical (unpaired) electrons. The number of amides is 1. The molecule has 4 rings (SSSR count). The normalized spacial score (nSPS) is 21.0. The van der Waals surface area contributed by atoms with Crippen LogP contribution in [0.25, 0.3) is 0 Å². The van der Waals surface area contributed by atoms with E-state index in [9.17, 15) is 4.79 Å². The zero-order valence-corrected chi connectivity index (χ0v) is 14.3. The highest BCUT2D eigenvalue weighted by atomic mass is 32.1. The first-order chi connectivity index (χ1) is 11.8. The van der Waals surface area contributed by atoms with E-state index in [2.05, 4.69) is 20.1 Å². The summed E-state index contributed by atoms with van der Waals surface area (Å²) in [7, 11) is 0. The number of nitrogens with one attached hydrogen (secondary N) is 1.